The van der Waals surface area contributed by atoms with Crippen molar-refractivity contribution in [2.24, 2.45) is 0 Å². The van der Waals surface area contributed by atoms with E-state index in [0.29, 0.717) is 0 Å². The SMILES string of the molecule is CC#CCN1CCC(O)CC1. The van der Waals surface area contributed by atoms with E-state index < -0.39 is 0 Å². The first-order valence-electron chi connectivity index (χ1n) is 4.13. The molecule has 2 heteroatoms. The average molecular weight is 153 g/mol. The summed E-state index contributed by atoms with van der Waals surface area (Å²) in [6.07, 6.45) is 1.75. The molecule has 0 radical (unpaired) electrons. The highest BCUT2D eigenvalue weighted by atomic mass is 16.3. The zero-order chi connectivity index (χ0) is 8.10. The van der Waals surface area contributed by atoms with Crippen LogP contribution >= 0.6 is 0 Å². The Kier molecular flexibility index (Phi) is 3.41. The number of hydrogen-bond acceptors (Lipinski definition) is 2. The normalized spacial score (nSPS) is 20.9. The molecule has 0 aliphatic carbocycles. The molecule has 11 heavy (non-hydrogen) atoms. The van der Waals surface area contributed by atoms with Crippen molar-refractivity contribution in [2.45, 2.75) is 25.9 Å². The van der Waals surface area contributed by atoms with Crippen LogP contribution in [0.25, 0.3) is 0 Å². The Morgan fingerprint density at radius 2 is 2.09 bits per heavy atom. The second-order valence-corrected chi connectivity index (χ2v) is 2.93. The molecular weight excluding hydrogens is 138 g/mol. The Morgan fingerprint density at radius 3 is 2.64 bits per heavy atom. The van der Waals surface area contributed by atoms with E-state index >= 15 is 0 Å². The predicted molar refractivity (Wildman–Crippen MR) is 45.1 cm³/mol. The van der Waals surface area contributed by atoms with Gasteiger partial charge in [-0.25, -0.2) is 0 Å². The third-order valence-electron chi connectivity index (χ3n) is 2.04. The monoisotopic (exact) mass is 153 g/mol. The fraction of sp³-hybridized carbons (Fsp3) is 0.778. The lowest BCUT2D eigenvalue weighted by molar-refractivity contribution is 0.0889. The summed E-state index contributed by atoms with van der Waals surface area (Å²) in [4.78, 5) is 2.28. The maximum absolute atomic E-state index is 9.19. The molecule has 0 bridgehead atoms. The number of likely N-dealkylation sites (tertiary alicyclic amines) is 1. The van der Waals surface area contributed by atoms with Crippen LogP contribution in [0.5, 0.6) is 0 Å². The molecule has 1 fully saturated rings. The van der Waals surface area contributed by atoms with Gasteiger partial charge in [-0.1, -0.05) is 5.92 Å². The Bertz CT molecular complexity index is 160. The third-order valence-corrected chi connectivity index (χ3v) is 2.04. The molecule has 0 unspecified atom stereocenters. The van der Waals surface area contributed by atoms with E-state index in [1.54, 1.807) is 0 Å². The van der Waals surface area contributed by atoms with Gasteiger partial charge in [-0.2, -0.15) is 0 Å². The van der Waals surface area contributed by atoms with E-state index in [1.165, 1.54) is 0 Å². The van der Waals surface area contributed by atoms with Crippen LogP contribution < -0.4 is 0 Å². The molecule has 0 saturated carbocycles. The van der Waals surface area contributed by atoms with Gasteiger partial charge >= 0.3 is 0 Å². The molecule has 0 spiro atoms. The van der Waals surface area contributed by atoms with Crippen LogP contribution in [-0.2, 0) is 0 Å². The van der Waals surface area contributed by atoms with Crippen molar-refractivity contribution >= 4 is 0 Å². The van der Waals surface area contributed by atoms with Crippen LogP contribution in [0.3, 0.4) is 0 Å². The first kappa shape index (κ1) is 8.58. The Hall–Kier alpha value is -0.520. The lowest BCUT2D eigenvalue weighted by Gasteiger charge is -2.27. The summed E-state index contributed by atoms with van der Waals surface area (Å²) in [5, 5.41) is 9.19. The van der Waals surface area contributed by atoms with Crippen molar-refractivity contribution in [3.63, 3.8) is 0 Å². The van der Waals surface area contributed by atoms with E-state index in [0.717, 1.165) is 32.5 Å². The fourth-order valence-electron chi connectivity index (χ4n) is 1.27. The quantitative estimate of drug-likeness (QED) is 0.553. The van der Waals surface area contributed by atoms with Crippen LogP contribution in [-0.4, -0.2) is 35.7 Å². The van der Waals surface area contributed by atoms with Gasteiger partial charge < -0.3 is 5.11 Å². The minimum atomic E-state index is -0.0687. The van der Waals surface area contributed by atoms with E-state index in [2.05, 4.69) is 16.7 Å². The van der Waals surface area contributed by atoms with Crippen molar-refractivity contribution in [2.75, 3.05) is 19.6 Å². The minimum absolute atomic E-state index is 0.0687. The Balaban J connectivity index is 2.20. The molecule has 0 aromatic carbocycles. The van der Waals surface area contributed by atoms with E-state index in [4.69, 9.17) is 0 Å². The summed E-state index contributed by atoms with van der Waals surface area (Å²) in [7, 11) is 0. The first-order chi connectivity index (χ1) is 5.33. The summed E-state index contributed by atoms with van der Waals surface area (Å²) in [5.41, 5.74) is 0. The molecule has 62 valence electrons. The zero-order valence-corrected chi connectivity index (χ0v) is 7.01. The van der Waals surface area contributed by atoms with Crippen LogP contribution in [0.15, 0.2) is 0 Å². The molecule has 0 aromatic heterocycles. The largest absolute Gasteiger partial charge is 0.393 e. The van der Waals surface area contributed by atoms with Crippen molar-refractivity contribution in [3.05, 3.63) is 0 Å². The fourth-order valence-corrected chi connectivity index (χ4v) is 1.27. The van der Waals surface area contributed by atoms with E-state index in [1.807, 2.05) is 6.92 Å². The second-order valence-electron chi connectivity index (χ2n) is 2.93. The van der Waals surface area contributed by atoms with Crippen molar-refractivity contribution in [1.29, 1.82) is 0 Å². The minimum Gasteiger partial charge on any atom is -0.393 e. The summed E-state index contributed by atoms with van der Waals surface area (Å²) < 4.78 is 0. The van der Waals surface area contributed by atoms with Crippen molar-refractivity contribution in [3.8, 4) is 11.8 Å². The van der Waals surface area contributed by atoms with Gasteiger partial charge in [-0.3, -0.25) is 4.90 Å². The van der Waals surface area contributed by atoms with Gasteiger partial charge in [-0.15, -0.1) is 5.92 Å². The average Bonchev–Trinajstić information content (AvgIpc) is 2.04. The van der Waals surface area contributed by atoms with E-state index in [-0.39, 0.29) is 6.10 Å². The Morgan fingerprint density at radius 1 is 1.45 bits per heavy atom. The van der Waals surface area contributed by atoms with Crippen LogP contribution in [0.2, 0.25) is 0 Å². The van der Waals surface area contributed by atoms with Gasteiger partial charge in [0.15, 0.2) is 0 Å². The number of aliphatic hydroxyl groups is 1. The van der Waals surface area contributed by atoms with Crippen LogP contribution in [0.4, 0.5) is 0 Å². The highest BCUT2D eigenvalue weighted by molar-refractivity contribution is 4.98. The molecule has 0 atom stereocenters. The van der Waals surface area contributed by atoms with Gasteiger partial charge in [0.05, 0.1) is 12.6 Å². The molecule has 1 saturated heterocycles. The molecule has 1 aliphatic heterocycles. The number of rotatable bonds is 1. The zero-order valence-electron chi connectivity index (χ0n) is 7.01. The molecule has 2 nitrogen and oxygen atoms in total. The molecule has 0 aromatic rings. The topological polar surface area (TPSA) is 23.5 Å². The van der Waals surface area contributed by atoms with Gasteiger partial charge in [-0.05, 0) is 19.8 Å². The van der Waals surface area contributed by atoms with Crippen LogP contribution in [0, 0.1) is 11.8 Å². The highest BCUT2D eigenvalue weighted by Gasteiger charge is 2.15. The summed E-state index contributed by atoms with van der Waals surface area (Å²) >= 11 is 0. The summed E-state index contributed by atoms with van der Waals surface area (Å²) in [5.74, 6) is 5.90. The Labute approximate surface area is 68.2 Å². The van der Waals surface area contributed by atoms with Gasteiger partial charge in [0, 0.05) is 13.1 Å². The molecule has 1 heterocycles. The number of hydrogen-bond donors (Lipinski definition) is 1. The summed E-state index contributed by atoms with van der Waals surface area (Å²) in [6.45, 7) is 4.72. The molecule has 1 rings (SSSR count). The third kappa shape index (κ3) is 2.92. The van der Waals surface area contributed by atoms with Crippen molar-refractivity contribution < 1.29 is 5.11 Å². The molecule has 1 N–H and O–H groups in total. The number of nitrogens with zero attached hydrogens (tertiary/aromatic N) is 1. The molecule has 1 aliphatic rings. The maximum Gasteiger partial charge on any atom is 0.0601 e. The second kappa shape index (κ2) is 4.38. The maximum atomic E-state index is 9.19. The van der Waals surface area contributed by atoms with Crippen LogP contribution in [0.1, 0.15) is 19.8 Å². The lowest BCUT2D eigenvalue weighted by Crippen LogP contribution is -2.35. The molecular formula is C9H15NO. The van der Waals surface area contributed by atoms with Gasteiger partial charge in [0.2, 0.25) is 0 Å². The summed E-state index contributed by atoms with van der Waals surface area (Å²) in [6, 6.07) is 0. The predicted octanol–water partition coefficient (Wildman–Crippen LogP) is 0.466. The lowest BCUT2D eigenvalue weighted by atomic mass is 10.1. The first-order valence-corrected chi connectivity index (χ1v) is 4.13. The molecule has 0 amide bonds. The highest BCUT2D eigenvalue weighted by Crippen LogP contribution is 2.08. The number of piperidine rings is 1. The standard InChI is InChI=1S/C9H15NO/c1-2-3-6-10-7-4-9(11)5-8-10/h9,11H,4-8H2,1H3. The smallest absolute Gasteiger partial charge is 0.0601 e. The number of aliphatic hydroxyl groups excluding tert-OH is 1. The van der Waals surface area contributed by atoms with E-state index in [9.17, 15) is 5.11 Å². The van der Waals surface area contributed by atoms with Gasteiger partial charge in [0.1, 0.15) is 0 Å². The van der Waals surface area contributed by atoms with Crippen molar-refractivity contribution in [1.82, 2.24) is 4.90 Å². The van der Waals surface area contributed by atoms with Gasteiger partial charge in [0.25, 0.3) is 0 Å².